The lowest BCUT2D eigenvalue weighted by molar-refractivity contribution is 0.0428. The van der Waals surface area contributed by atoms with Crippen molar-refractivity contribution in [2.45, 2.75) is 51.7 Å². The minimum absolute atomic E-state index is 0.0151. The van der Waals surface area contributed by atoms with Crippen LogP contribution in [0.5, 0.6) is 0 Å². The summed E-state index contributed by atoms with van der Waals surface area (Å²) >= 11 is 3.40. The van der Waals surface area contributed by atoms with Crippen LogP contribution in [0.2, 0.25) is 0 Å². The Kier molecular flexibility index (Phi) is 5.32. The van der Waals surface area contributed by atoms with Gasteiger partial charge in [-0.25, -0.2) is 9.78 Å². The number of rotatable bonds is 2. The molecule has 2 aliphatic rings. The number of anilines is 1. The molecule has 1 aliphatic carbocycles. The lowest BCUT2D eigenvalue weighted by atomic mass is 9.72. The van der Waals surface area contributed by atoms with Crippen LogP contribution in [-0.2, 0) is 11.2 Å². The second kappa shape index (κ2) is 7.63. The van der Waals surface area contributed by atoms with Crippen molar-refractivity contribution in [2.75, 3.05) is 18.0 Å². The zero-order chi connectivity index (χ0) is 20.6. The summed E-state index contributed by atoms with van der Waals surface area (Å²) in [7, 11) is 0. The molecule has 1 aromatic carbocycles. The SMILES string of the molecule is CC(C)(C)OC(=O)N[C@@H]1c2ccccc2CC12CCN(c1ccc(Br)nc1)CC2. The van der Waals surface area contributed by atoms with Crippen LogP contribution >= 0.6 is 15.9 Å². The van der Waals surface area contributed by atoms with Gasteiger partial charge in [-0.1, -0.05) is 24.3 Å². The molecule has 4 rings (SSSR count). The highest BCUT2D eigenvalue weighted by atomic mass is 79.9. The van der Waals surface area contributed by atoms with Gasteiger partial charge in [-0.2, -0.15) is 0 Å². The van der Waals surface area contributed by atoms with E-state index in [-0.39, 0.29) is 17.6 Å². The average molecular weight is 458 g/mol. The molecule has 1 N–H and O–H groups in total. The Balaban J connectivity index is 1.54. The number of pyridine rings is 1. The number of ether oxygens (including phenoxy) is 1. The Labute approximate surface area is 181 Å². The molecule has 0 radical (unpaired) electrons. The quantitative estimate of drug-likeness (QED) is 0.625. The second-order valence-corrected chi connectivity index (χ2v) is 9.96. The van der Waals surface area contributed by atoms with E-state index in [0.29, 0.717) is 0 Å². The Morgan fingerprint density at radius 3 is 2.59 bits per heavy atom. The van der Waals surface area contributed by atoms with Crippen molar-refractivity contribution in [1.82, 2.24) is 10.3 Å². The third-order valence-corrected chi connectivity index (χ3v) is 6.49. The lowest BCUT2D eigenvalue weighted by Crippen LogP contribution is -2.47. The van der Waals surface area contributed by atoms with Gasteiger partial charge in [-0.05, 0) is 79.2 Å². The molecule has 1 amide bonds. The van der Waals surface area contributed by atoms with Crippen molar-refractivity contribution < 1.29 is 9.53 Å². The number of carbonyl (C=O) groups excluding carboxylic acids is 1. The van der Waals surface area contributed by atoms with E-state index in [2.05, 4.69) is 61.5 Å². The van der Waals surface area contributed by atoms with E-state index in [9.17, 15) is 4.79 Å². The number of nitrogens with one attached hydrogen (secondary N) is 1. The molecular formula is C23H28BrN3O2. The maximum Gasteiger partial charge on any atom is 0.408 e. The van der Waals surface area contributed by atoms with Crippen molar-refractivity contribution in [2.24, 2.45) is 5.41 Å². The number of hydrogen-bond donors (Lipinski definition) is 1. The summed E-state index contributed by atoms with van der Waals surface area (Å²) in [5.41, 5.74) is 3.24. The van der Waals surface area contributed by atoms with Crippen LogP contribution in [0.4, 0.5) is 10.5 Å². The number of aromatic nitrogens is 1. The summed E-state index contributed by atoms with van der Waals surface area (Å²) in [5.74, 6) is 0. The Morgan fingerprint density at radius 2 is 1.93 bits per heavy atom. The molecule has 1 aromatic heterocycles. The third-order valence-electron chi connectivity index (χ3n) is 6.02. The number of amides is 1. The van der Waals surface area contributed by atoms with E-state index in [1.165, 1.54) is 11.1 Å². The number of nitrogens with zero attached hydrogens (tertiary/aromatic N) is 2. The minimum Gasteiger partial charge on any atom is -0.444 e. The van der Waals surface area contributed by atoms with E-state index in [4.69, 9.17) is 4.74 Å². The number of alkyl carbamates (subject to hydrolysis) is 1. The van der Waals surface area contributed by atoms with Crippen molar-refractivity contribution in [1.29, 1.82) is 0 Å². The van der Waals surface area contributed by atoms with Crippen molar-refractivity contribution in [3.05, 3.63) is 58.3 Å². The topological polar surface area (TPSA) is 54.5 Å². The number of fused-ring (bicyclic) bond motifs is 1. The van der Waals surface area contributed by atoms with Crippen LogP contribution < -0.4 is 10.2 Å². The molecule has 6 heteroatoms. The van der Waals surface area contributed by atoms with Crippen LogP contribution in [0.3, 0.4) is 0 Å². The maximum absolute atomic E-state index is 12.6. The number of halogens is 1. The number of piperidine rings is 1. The number of hydrogen-bond acceptors (Lipinski definition) is 4. The molecular weight excluding hydrogens is 430 g/mol. The average Bonchev–Trinajstić information content (AvgIpc) is 2.95. The van der Waals surface area contributed by atoms with E-state index in [0.717, 1.165) is 42.6 Å². The molecule has 2 heterocycles. The fourth-order valence-corrected chi connectivity index (χ4v) is 4.91. The normalized spacial score (nSPS) is 20.4. The molecule has 1 spiro atoms. The smallest absolute Gasteiger partial charge is 0.408 e. The predicted octanol–water partition coefficient (Wildman–Crippen LogP) is 5.25. The monoisotopic (exact) mass is 457 g/mol. The number of benzene rings is 1. The van der Waals surface area contributed by atoms with Gasteiger partial charge in [0.2, 0.25) is 0 Å². The van der Waals surface area contributed by atoms with E-state index in [1.54, 1.807) is 0 Å². The predicted molar refractivity (Wildman–Crippen MR) is 118 cm³/mol. The summed E-state index contributed by atoms with van der Waals surface area (Å²) < 4.78 is 6.43. The molecule has 0 saturated carbocycles. The molecule has 1 saturated heterocycles. The van der Waals surface area contributed by atoms with Gasteiger partial charge in [0.25, 0.3) is 0 Å². The van der Waals surface area contributed by atoms with Gasteiger partial charge < -0.3 is 15.0 Å². The van der Waals surface area contributed by atoms with Crippen LogP contribution in [-0.4, -0.2) is 29.8 Å². The first-order valence-corrected chi connectivity index (χ1v) is 11.0. The zero-order valence-electron chi connectivity index (χ0n) is 17.2. The van der Waals surface area contributed by atoms with Gasteiger partial charge in [0, 0.05) is 18.5 Å². The summed E-state index contributed by atoms with van der Waals surface area (Å²) in [4.78, 5) is 19.4. The molecule has 5 nitrogen and oxygen atoms in total. The van der Waals surface area contributed by atoms with Crippen molar-refractivity contribution >= 4 is 27.7 Å². The van der Waals surface area contributed by atoms with Gasteiger partial charge >= 0.3 is 6.09 Å². The molecule has 0 unspecified atom stereocenters. The van der Waals surface area contributed by atoms with E-state index < -0.39 is 5.60 Å². The van der Waals surface area contributed by atoms with Crippen LogP contribution in [0, 0.1) is 5.41 Å². The fourth-order valence-electron chi connectivity index (χ4n) is 4.68. The highest BCUT2D eigenvalue weighted by molar-refractivity contribution is 9.10. The van der Waals surface area contributed by atoms with Gasteiger partial charge in [-0.15, -0.1) is 0 Å². The van der Waals surface area contributed by atoms with Crippen molar-refractivity contribution in [3.8, 4) is 0 Å². The first kappa shape index (κ1) is 20.2. The van der Waals surface area contributed by atoms with Crippen LogP contribution in [0.15, 0.2) is 47.2 Å². The second-order valence-electron chi connectivity index (χ2n) is 9.14. The minimum atomic E-state index is -0.507. The highest BCUT2D eigenvalue weighted by Gasteiger charge is 2.48. The van der Waals surface area contributed by atoms with Crippen LogP contribution in [0.1, 0.15) is 50.8 Å². The Morgan fingerprint density at radius 1 is 1.21 bits per heavy atom. The summed E-state index contributed by atoms with van der Waals surface area (Å²) in [6.07, 6.45) is 4.60. The maximum atomic E-state index is 12.6. The fraction of sp³-hybridized carbons (Fsp3) is 0.478. The first-order chi connectivity index (χ1) is 13.8. The van der Waals surface area contributed by atoms with Gasteiger partial charge in [0.1, 0.15) is 10.2 Å². The van der Waals surface area contributed by atoms with Gasteiger partial charge in [0.05, 0.1) is 17.9 Å². The summed E-state index contributed by atoms with van der Waals surface area (Å²) in [5, 5.41) is 3.22. The van der Waals surface area contributed by atoms with Crippen molar-refractivity contribution in [3.63, 3.8) is 0 Å². The van der Waals surface area contributed by atoms with E-state index >= 15 is 0 Å². The Bertz CT molecular complexity index is 884. The molecule has 1 atom stereocenters. The highest BCUT2D eigenvalue weighted by Crippen LogP contribution is 2.52. The summed E-state index contributed by atoms with van der Waals surface area (Å²) in [6, 6.07) is 12.6. The largest absolute Gasteiger partial charge is 0.444 e. The standard InChI is InChI=1S/C23H28BrN3O2/c1-22(2,3)29-21(28)26-20-18-7-5-4-6-16(18)14-23(20)10-12-27(13-11-23)17-8-9-19(24)25-15-17/h4-9,15,20H,10-14H2,1-3H3,(H,26,28)/t20-/m1/s1. The van der Waals surface area contributed by atoms with Gasteiger partial charge in [-0.3, -0.25) is 0 Å². The third kappa shape index (κ3) is 4.27. The molecule has 2 aromatic rings. The molecule has 154 valence electrons. The summed E-state index contributed by atoms with van der Waals surface area (Å²) in [6.45, 7) is 7.59. The number of carbonyl (C=O) groups is 1. The zero-order valence-corrected chi connectivity index (χ0v) is 18.8. The molecule has 1 fully saturated rings. The van der Waals surface area contributed by atoms with Crippen LogP contribution in [0.25, 0.3) is 0 Å². The van der Waals surface area contributed by atoms with Gasteiger partial charge in [0.15, 0.2) is 0 Å². The molecule has 29 heavy (non-hydrogen) atoms. The first-order valence-electron chi connectivity index (χ1n) is 10.2. The lowest BCUT2D eigenvalue weighted by Gasteiger charge is -2.44. The van der Waals surface area contributed by atoms with E-state index in [1.807, 2.05) is 33.0 Å². The molecule has 1 aliphatic heterocycles. The Hall–Kier alpha value is -2.08. The molecule has 0 bridgehead atoms.